The fourth-order valence-corrected chi connectivity index (χ4v) is 3.39. The molecule has 2 aromatic rings. The van der Waals surface area contributed by atoms with E-state index < -0.39 is 0 Å². The summed E-state index contributed by atoms with van der Waals surface area (Å²) in [5.41, 5.74) is 2.39. The summed E-state index contributed by atoms with van der Waals surface area (Å²) in [4.78, 5) is 12.2. The van der Waals surface area contributed by atoms with E-state index in [1.165, 1.54) is 31.7 Å². The van der Waals surface area contributed by atoms with Crippen LogP contribution in [-0.2, 0) is 6.54 Å². The normalized spacial score (nSPS) is 19.4. The van der Waals surface area contributed by atoms with Crippen molar-refractivity contribution in [3.8, 4) is 0 Å². The summed E-state index contributed by atoms with van der Waals surface area (Å²) in [6.45, 7) is 9.18. The van der Waals surface area contributed by atoms with Crippen molar-refractivity contribution in [1.29, 1.82) is 0 Å². The Morgan fingerprint density at radius 2 is 1.73 bits per heavy atom. The molecule has 1 saturated heterocycles. The number of benzene rings is 1. The average molecular weight is 322 g/mol. The fraction of sp³-hybridized carbons (Fsp3) is 0.562. The molecule has 2 aliphatic heterocycles. The number of nitrogens with zero attached hydrogens (tertiary/aromatic N) is 5. The zero-order valence-electron chi connectivity index (χ0n) is 13.1. The number of para-hydroxylation sites is 2. The van der Waals surface area contributed by atoms with Gasteiger partial charge in [-0.1, -0.05) is 12.1 Å². The molecule has 1 aromatic heterocycles. The van der Waals surface area contributed by atoms with Gasteiger partial charge in [0.1, 0.15) is 0 Å². The maximum atomic E-state index is 4.81. The van der Waals surface area contributed by atoms with Crippen LogP contribution in [0, 0.1) is 0 Å². The molecule has 1 aromatic carbocycles. The van der Waals surface area contributed by atoms with E-state index in [1.807, 2.05) is 0 Å². The molecule has 1 fully saturated rings. The van der Waals surface area contributed by atoms with Crippen molar-refractivity contribution < 1.29 is 0 Å². The molecule has 5 nitrogen and oxygen atoms in total. The largest absolute Gasteiger partial charge is 0.339 e. The second-order valence-electron chi connectivity index (χ2n) is 6.18. The van der Waals surface area contributed by atoms with Gasteiger partial charge in [-0.25, -0.2) is 4.98 Å². The maximum absolute atomic E-state index is 4.81. The number of halogens is 1. The molecule has 0 atom stereocenters. The van der Waals surface area contributed by atoms with Crippen molar-refractivity contribution in [2.24, 2.45) is 0 Å². The summed E-state index contributed by atoms with van der Waals surface area (Å²) >= 11 is 0. The third-order valence-electron chi connectivity index (χ3n) is 4.79. The van der Waals surface area contributed by atoms with Crippen LogP contribution in [0.15, 0.2) is 24.3 Å². The van der Waals surface area contributed by atoms with Crippen LogP contribution in [0.4, 0.5) is 5.95 Å². The number of hydrogen-bond donors (Lipinski definition) is 0. The van der Waals surface area contributed by atoms with Gasteiger partial charge in [0.05, 0.1) is 11.0 Å². The van der Waals surface area contributed by atoms with Crippen LogP contribution in [0.1, 0.15) is 0 Å². The SMILES string of the molecule is CN1CCN(CCN2CCn3c2nc2ccccc23)CC1.Cl. The van der Waals surface area contributed by atoms with Crippen LogP contribution >= 0.6 is 12.4 Å². The summed E-state index contributed by atoms with van der Waals surface area (Å²) in [6.07, 6.45) is 0. The molecule has 0 spiro atoms. The molecule has 3 heterocycles. The monoisotopic (exact) mass is 321 g/mol. The summed E-state index contributed by atoms with van der Waals surface area (Å²) in [5, 5.41) is 0. The molecule has 22 heavy (non-hydrogen) atoms. The Hall–Kier alpha value is -1.30. The summed E-state index contributed by atoms with van der Waals surface area (Å²) < 4.78 is 2.36. The Balaban J connectivity index is 0.00000144. The number of aromatic nitrogens is 2. The van der Waals surface area contributed by atoms with Gasteiger partial charge in [-0.3, -0.25) is 4.90 Å². The topological polar surface area (TPSA) is 27.5 Å². The highest BCUT2D eigenvalue weighted by molar-refractivity contribution is 5.85. The maximum Gasteiger partial charge on any atom is 0.206 e. The van der Waals surface area contributed by atoms with Gasteiger partial charge in [0, 0.05) is 52.4 Å². The zero-order chi connectivity index (χ0) is 14.2. The first kappa shape index (κ1) is 15.6. The molecule has 6 heteroatoms. The fourth-order valence-electron chi connectivity index (χ4n) is 3.39. The van der Waals surface area contributed by atoms with E-state index in [0.717, 1.165) is 37.6 Å². The van der Waals surface area contributed by atoms with E-state index in [9.17, 15) is 0 Å². The number of likely N-dealkylation sites (N-methyl/N-ethyl adjacent to an activating group) is 1. The Morgan fingerprint density at radius 3 is 2.55 bits per heavy atom. The minimum atomic E-state index is 0. The molecule has 2 aliphatic rings. The highest BCUT2D eigenvalue weighted by Crippen LogP contribution is 2.26. The highest BCUT2D eigenvalue weighted by atomic mass is 35.5. The molecular formula is C16H24ClN5. The van der Waals surface area contributed by atoms with Gasteiger partial charge in [-0.2, -0.15) is 0 Å². The molecule has 0 amide bonds. The summed E-state index contributed by atoms with van der Waals surface area (Å²) in [6, 6.07) is 8.46. The first-order valence-electron chi connectivity index (χ1n) is 7.92. The van der Waals surface area contributed by atoms with Gasteiger partial charge >= 0.3 is 0 Å². The molecule has 0 unspecified atom stereocenters. The van der Waals surface area contributed by atoms with E-state index in [4.69, 9.17) is 4.98 Å². The van der Waals surface area contributed by atoms with Crippen molar-refractivity contribution >= 4 is 29.4 Å². The lowest BCUT2D eigenvalue weighted by atomic mass is 10.3. The molecule has 120 valence electrons. The Kier molecular flexibility index (Phi) is 4.57. The van der Waals surface area contributed by atoms with Crippen LogP contribution in [-0.4, -0.2) is 72.2 Å². The zero-order valence-corrected chi connectivity index (χ0v) is 13.9. The van der Waals surface area contributed by atoms with E-state index in [0.29, 0.717) is 0 Å². The minimum Gasteiger partial charge on any atom is -0.339 e. The Morgan fingerprint density at radius 1 is 0.955 bits per heavy atom. The van der Waals surface area contributed by atoms with Gasteiger partial charge < -0.3 is 14.4 Å². The number of piperazine rings is 1. The van der Waals surface area contributed by atoms with E-state index in [-0.39, 0.29) is 12.4 Å². The minimum absolute atomic E-state index is 0. The number of rotatable bonds is 3. The lowest BCUT2D eigenvalue weighted by Gasteiger charge is -2.33. The van der Waals surface area contributed by atoms with Crippen molar-refractivity contribution in [2.45, 2.75) is 6.54 Å². The summed E-state index contributed by atoms with van der Waals surface area (Å²) in [5.74, 6) is 1.16. The van der Waals surface area contributed by atoms with Crippen LogP contribution < -0.4 is 4.90 Å². The van der Waals surface area contributed by atoms with E-state index >= 15 is 0 Å². The van der Waals surface area contributed by atoms with Crippen molar-refractivity contribution in [1.82, 2.24) is 19.4 Å². The Bertz CT molecular complexity index is 632. The molecule has 0 bridgehead atoms. The van der Waals surface area contributed by atoms with Gasteiger partial charge in [-0.15, -0.1) is 12.4 Å². The lowest BCUT2D eigenvalue weighted by molar-refractivity contribution is 0.157. The van der Waals surface area contributed by atoms with E-state index in [1.54, 1.807) is 0 Å². The predicted molar refractivity (Wildman–Crippen MR) is 93.1 cm³/mol. The van der Waals surface area contributed by atoms with Crippen LogP contribution in [0.3, 0.4) is 0 Å². The number of anilines is 1. The van der Waals surface area contributed by atoms with Gasteiger partial charge in [-0.05, 0) is 19.2 Å². The third-order valence-corrected chi connectivity index (χ3v) is 4.79. The molecule has 0 radical (unpaired) electrons. The van der Waals surface area contributed by atoms with Gasteiger partial charge in [0.15, 0.2) is 0 Å². The standard InChI is InChI=1S/C16H23N5.ClH/c1-18-6-8-19(9-7-18)10-11-20-12-13-21-15-5-3-2-4-14(15)17-16(20)21;/h2-5H,6-13H2,1H3;1H. The highest BCUT2D eigenvalue weighted by Gasteiger charge is 2.24. The summed E-state index contributed by atoms with van der Waals surface area (Å²) in [7, 11) is 2.21. The van der Waals surface area contributed by atoms with Gasteiger partial charge in [0.2, 0.25) is 5.95 Å². The van der Waals surface area contributed by atoms with Crippen LogP contribution in [0.25, 0.3) is 11.0 Å². The first-order chi connectivity index (χ1) is 10.3. The number of fused-ring (bicyclic) bond motifs is 3. The molecule has 0 aliphatic carbocycles. The molecular weight excluding hydrogens is 298 g/mol. The molecule has 0 saturated carbocycles. The van der Waals surface area contributed by atoms with Crippen LogP contribution in [0.2, 0.25) is 0 Å². The second kappa shape index (κ2) is 6.44. The van der Waals surface area contributed by atoms with Crippen molar-refractivity contribution in [3.05, 3.63) is 24.3 Å². The number of imidazole rings is 1. The quantitative estimate of drug-likeness (QED) is 0.857. The lowest BCUT2D eigenvalue weighted by Crippen LogP contribution is -2.46. The molecule has 4 rings (SSSR count). The predicted octanol–water partition coefficient (Wildman–Crippen LogP) is 1.53. The third kappa shape index (κ3) is 2.81. The Labute approximate surface area is 137 Å². The number of hydrogen-bond acceptors (Lipinski definition) is 4. The smallest absolute Gasteiger partial charge is 0.206 e. The van der Waals surface area contributed by atoms with Gasteiger partial charge in [0.25, 0.3) is 0 Å². The average Bonchev–Trinajstić information content (AvgIpc) is 3.06. The second-order valence-corrected chi connectivity index (χ2v) is 6.18. The first-order valence-corrected chi connectivity index (χ1v) is 7.92. The van der Waals surface area contributed by atoms with Crippen molar-refractivity contribution in [3.63, 3.8) is 0 Å². The van der Waals surface area contributed by atoms with E-state index in [2.05, 4.69) is 50.6 Å². The van der Waals surface area contributed by atoms with Crippen LogP contribution in [0.5, 0.6) is 0 Å². The van der Waals surface area contributed by atoms with Crippen molar-refractivity contribution in [2.75, 3.05) is 57.8 Å². The molecule has 0 N–H and O–H groups in total.